The molecule has 0 spiro atoms. The SMILES string of the molecule is CN1CCN(C(=O)c2ccc(Cc3ncc(Cl)c(Cc4ccc5ncsc5c4)n3)cc2)CC1. The van der Waals surface area contributed by atoms with Gasteiger partial charge in [-0.25, -0.2) is 15.0 Å². The Kier molecular flexibility index (Phi) is 6.35. The molecule has 1 saturated heterocycles. The molecule has 6 nitrogen and oxygen atoms in total. The molecule has 1 aliphatic rings. The molecule has 1 fully saturated rings. The molecular weight excluding hydrogens is 454 g/mol. The van der Waals surface area contributed by atoms with Crippen LogP contribution in [0.25, 0.3) is 10.2 Å². The van der Waals surface area contributed by atoms with Crippen LogP contribution in [0.3, 0.4) is 0 Å². The highest BCUT2D eigenvalue weighted by atomic mass is 35.5. The molecule has 0 unspecified atom stereocenters. The van der Waals surface area contributed by atoms with Crippen LogP contribution in [0.2, 0.25) is 5.02 Å². The molecule has 2 aromatic carbocycles. The second-order valence-electron chi connectivity index (χ2n) is 8.38. The molecule has 0 N–H and O–H groups in total. The number of thiazole rings is 1. The van der Waals surface area contributed by atoms with Crippen molar-refractivity contribution in [3.05, 3.63) is 87.4 Å². The van der Waals surface area contributed by atoms with Gasteiger partial charge in [0, 0.05) is 50.8 Å². The van der Waals surface area contributed by atoms with E-state index in [1.807, 2.05) is 40.7 Å². The summed E-state index contributed by atoms with van der Waals surface area (Å²) in [7, 11) is 2.08. The maximum Gasteiger partial charge on any atom is 0.253 e. The average molecular weight is 478 g/mol. The van der Waals surface area contributed by atoms with Crippen LogP contribution in [0.15, 0.2) is 54.2 Å². The second kappa shape index (κ2) is 9.55. The van der Waals surface area contributed by atoms with Crippen molar-refractivity contribution in [1.82, 2.24) is 24.8 Å². The predicted octanol–water partition coefficient (Wildman–Crippen LogP) is 4.31. The van der Waals surface area contributed by atoms with Gasteiger partial charge in [0.05, 0.1) is 26.4 Å². The normalized spacial score (nSPS) is 14.7. The summed E-state index contributed by atoms with van der Waals surface area (Å²) in [6.07, 6.45) is 2.90. The Balaban J connectivity index is 1.27. The first kappa shape index (κ1) is 21.9. The second-order valence-corrected chi connectivity index (χ2v) is 9.67. The molecule has 5 rings (SSSR count). The fraction of sp³-hybridized carbons (Fsp3) is 0.280. The minimum Gasteiger partial charge on any atom is -0.336 e. The number of amides is 1. The van der Waals surface area contributed by atoms with E-state index in [2.05, 4.69) is 34.0 Å². The fourth-order valence-corrected chi connectivity index (χ4v) is 4.89. The third kappa shape index (κ3) is 5.05. The van der Waals surface area contributed by atoms with Crippen LogP contribution in [-0.4, -0.2) is 63.9 Å². The molecule has 2 aromatic heterocycles. The maximum atomic E-state index is 12.8. The Morgan fingerprint density at radius 3 is 2.55 bits per heavy atom. The van der Waals surface area contributed by atoms with Crippen molar-refractivity contribution in [1.29, 1.82) is 0 Å². The van der Waals surface area contributed by atoms with Gasteiger partial charge in [0.1, 0.15) is 5.82 Å². The van der Waals surface area contributed by atoms with Crippen molar-refractivity contribution >= 4 is 39.1 Å². The lowest BCUT2D eigenvalue weighted by Crippen LogP contribution is -2.47. The molecule has 4 aromatic rings. The van der Waals surface area contributed by atoms with Crippen molar-refractivity contribution in [3.8, 4) is 0 Å². The summed E-state index contributed by atoms with van der Waals surface area (Å²) >= 11 is 8.03. The quantitative estimate of drug-likeness (QED) is 0.428. The molecule has 168 valence electrons. The van der Waals surface area contributed by atoms with Gasteiger partial charge in [-0.3, -0.25) is 4.79 Å². The van der Waals surface area contributed by atoms with Crippen LogP contribution in [-0.2, 0) is 12.8 Å². The van der Waals surface area contributed by atoms with Crippen molar-refractivity contribution < 1.29 is 4.79 Å². The number of hydrogen-bond acceptors (Lipinski definition) is 6. The van der Waals surface area contributed by atoms with E-state index in [0.29, 0.717) is 23.7 Å². The minimum absolute atomic E-state index is 0.0950. The van der Waals surface area contributed by atoms with E-state index in [1.54, 1.807) is 17.5 Å². The first-order valence-corrected chi connectivity index (χ1v) is 12.2. The Bertz CT molecular complexity index is 1280. The van der Waals surface area contributed by atoms with Crippen molar-refractivity contribution in [2.45, 2.75) is 12.8 Å². The molecule has 0 saturated carbocycles. The van der Waals surface area contributed by atoms with Crippen LogP contribution < -0.4 is 0 Å². The minimum atomic E-state index is 0.0950. The largest absolute Gasteiger partial charge is 0.336 e. The number of carbonyl (C=O) groups is 1. The molecule has 8 heteroatoms. The van der Waals surface area contributed by atoms with E-state index in [0.717, 1.165) is 58.8 Å². The summed E-state index contributed by atoms with van der Waals surface area (Å²) < 4.78 is 1.16. The lowest BCUT2D eigenvalue weighted by Gasteiger charge is -2.32. The lowest BCUT2D eigenvalue weighted by molar-refractivity contribution is 0.0664. The first-order chi connectivity index (χ1) is 16.0. The van der Waals surface area contributed by atoms with Gasteiger partial charge in [0.25, 0.3) is 5.91 Å². The standard InChI is InChI=1S/C25H24ClN5OS/c1-30-8-10-31(11-9-30)25(32)19-5-2-17(3-6-19)14-24-27-15-20(26)22(29-24)12-18-4-7-21-23(13-18)33-16-28-21/h2-7,13,15-16H,8-12,14H2,1H3. The van der Waals surface area contributed by atoms with E-state index in [-0.39, 0.29) is 5.91 Å². The highest BCUT2D eigenvalue weighted by Crippen LogP contribution is 2.23. The summed E-state index contributed by atoms with van der Waals surface area (Å²) in [4.78, 5) is 30.4. The molecule has 0 aliphatic carbocycles. The van der Waals surface area contributed by atoms with Gasteiger partial charge in [-0.05, 0) is 42.4 Å². The average Bonchev–Trinajstić information content (AvgIpc) is 3.30. The number of rotatable bonds is 5. The van der Waals surface area contributed by atoms with Gasteiger partial charge in [-0.15, -0.1) is 11.3 Å². The van der Waals surface area contributed by atoms with Crippen LogP contribution in [0.5, 0.6) is 0 Å². The van der Waals surface area contributed by atoms with Crippen molar-refractivity contribution in [3.63, 3.8) is 0 Å². The zero-order valence-corrected chi connectivity index (χ0v) is 19.9. The van der Waals surface area contributed by atoms with Gasteiger partial charge in [0.15, 0.2) is 0 Å². The third-order valence-electron chi connectivity index (χ3n) is 5.99. The number of carbonyl (C=O) groups excluding carboxylic acids is 1. The smallest absolute Gasteiger partial charge is 0.253 e. The van der Waals surface area contributed by atoms with Gasteiger partial charge < -0.3 is 9.80 Å². The topological polar surface area (TPSA) is 62.2 Å². The molecule has 0 radical (unpaired) electrons. The summed E-state index contributed by atoms with van der Waals surface area (Å²) in [6.45, 7) is 3.37. The first-order valence-electron chi connectivity index (χ1n) is 10.9. The van der Waals surface area contributed by atoms with Crippen LogP contribution in [0.1, 0.15) is 33.0 Å². The Morgan fingerprint density at radius 1 is 1.00 bits per heavy atom. The molecule has 33 heavy (non-hydrogen) atoms. The Hall–Kier alpha value is -2.87. The highest BCUT2D eigenvalue weighted by Gasteiger charge is 2.20. The number of fused-ring (bicyclic) bond motifs is 1. The van der Waals surface area contributed by atoms with E-state index in [4.69, 9.17) is 16.6 Å². The summed E-state index contributed by atoms with van der Waals surface area (Å²) in [6, 6.07) is 14.0. The van der Waals surface area contributed by atoms with E-state index < -0.39 is 0 Å². The number of hydrogen-bond donors (Lipinski definition) is 0. The number of aromatic nitrogens is 3. The number of nitrogens with zero attached hydrogens (tertiary/aromatic N) is 5. The fourth-order valence-electron chi connectivity index (χ4n) is 4.00. The number of benzene rings is 2. The monoisotopic (exact) mass is 477 g/mol. The number of piperazine rings is 1. The summed E-state index contributed by atoms with van der Waals surface area (Å²) in [5.74, 6) is 0.809. The lowest BCUT2D eigenvalue weighted by atomic mass is 10.1. The van der Waals surface area contributed by atoms with Gasteiger partial charge in [-0.1, -0.05) is 29.8 Å². The molecule has 1 aliphatic heterocycles. The van der Waals surface area contributed by atoms with E-state index in [1.165, 1.54) is 0 Å². The molecular formula is C25H24ClN5OS. The number of likely N-dealkylation sites (N-methyl/N-ethyl adjacent to an activating group) is 1. The molecule has 0 bridgehead atoms. The van der Waals surface area contributed by atoms with E-state index in [9.17, 15) is 4.79 Å². The molecule has 0 atom stereocenters. The molecule has 1 amide bonds. The summed E-state index contributed by atoms with van der Waals surface area (Å²) in [5, 5.41) is 0.566. The van der Waals surface area contributed by atoms with Crippen molar-refractivity contribution in [2.75, 3.05) is 33.2 Å². The Labute approximate surface area is 201 Å². The van der Waals surface area contributed by atoms with E-state index >= 15 is 0 Å². The van der Waals surface area contributed by atoms with Gasteiger partial charge in [0.2, 0.25) is 0 Å². The maximum absolute atomic E-state index is 12.8. The number of halogens is 1. The molecule has 3 heterocycles. The van der Waals surface area contributed by atoms with Crippen LogP contribution >= 0.6 is 22.9 Å². The third-order valence-corrected chi connectivity index (χ3v) is 7.09. The van der Waals surface area contributed by atoms with Crippen LogP contribution in [0.4, 0.5) is 0 Å². The Morgan fingerprint density at radius 2 is 1.76 bits per heavy atom. The predicted molar refractivity (Wildman–Crippen MR) is 132 cm³/mol. The summed E-state index contributed by atoms with van der Waals surface area (Å²) in [5.41, 5.74) is 6.60. The van der Waals surface area contributed by atoms with Gasteiger partial charge >= 0.3 is 0 Å². The zero-order chi connectivity index (χ0) is 22.8. The zero-order valence-electron chi connectivity index (χ0n) is 18.4. The highest BCUT2D eigenvalue weighted by molar-refractivity contribution is 7.16. The van der Waals surface area contributed by atoms with Crippen molar-refractivity contribution in [2.24, 2.45) is 0 Å². The van der Waals surface area contributed by atoms with Gasteiger partial charge in [-0.2, -0.15) is 0 Å². The van der Waals surface area contributed by atoms with Crippen LogP contribution in [0, 0.1) is 0 Å².